The number of aromatic nitrogens is 2. The zero-order chi connectivity index (χ0) is 25.9. The highest BCUT2D eigenvalue weighted by molar-refractivity contribution is 7.15. The lowest BCUT2D eigenvalue weighted by Crippen LogP contribution is -2.47. The third kappa shape index (κ3) is 5.34. The Kier molecular flexibility index (Phi) is 6.91. The summed E-state index contributed by atoms with van der Waals surface area (Å²) in [6.07, 6.45) is 2.24. The van der Waals surface area contributed by atoms with Crippen LogP contribution in [0.3, 0.4) is 0 Å². The van der Waals surface area contributed by atoms with Crippen LogP contribution in [0.4, 0.5) is 26.1 Å². The molecule has 0 atom stereocenters. The first-order valence-electron chi connectivity index (χ1n) is 11.7. The molecule has 2 aromatic carbocycles. The molecular formula is C27H23F2N5O2S. The average Bonchev–Trinajstić information content (AvgIpc) is 3.31. The molecule has 0 bridgehead atoms. The highest BCUT2D eigenvalue weighted by Gasteiger charge is 2.25. The van der Waals surface area contributed by atoms with E-state index in [0.29, 0.717) is 48.3 Å². The molecule has 4 aromatic rings. The third-order valence-electron chi connectivity index (χ3n) is 6.07. The molecule has 0 saturated carbocycles. The molecular weight excluding hydrogens is 496 g/mol. The standard InChI is InChI=1S/C27H23F2N5O2S/c1-17-13-21(18-5-3-2-4-6-18)25(37-17)24(35)26(36)32-20-7-8-23(22(29)14-20)33-9-11-34(12-10-33)27-30-15-19(28)16-31-27/h2-8,13-16H,9-12H2,1H3,(H,32,36). The van der Waals surface area contributed by atoms with Crippen LogP contribution >= 0.6 is 11.3 Å². The van der Waals surface area contributed by atoms with E-state index < -0.39 is 23.3 Å². The molecule has 37 heavy (non-hydrogen) atoms. The van der Waals surface area contributed by atoms with Crippen LogP contribution in [-0.2, 0) is 4.79 Å². The van der Waals surface area contributed by atoms with Gasteiger partial charge in [-0.3, -0.25) is 9.59 Å². The Morgan fingerprint density at radius 1 is 0.919 bits per heavy atom. The molecule has 0 spiro atoms. The summed E-state index contributed by atoms with van der Waals surface area (Å²) in [7, 11) is 0. The SMILES string of the molecule is Cc1cc(-c2ccccc2)c(C(=O)C(=O)Nc2ccc(N3CCN(c4ncc(F)cn4)CC3)c(F)c2)s1. The number of piperazine rings is 1. The maximum absolute atomic E-state index is 15.0. The Hall–Kier alpha value is -4.18. The molecule has 1 aliphatic rings. The van der Waals surface area contributed by atoms with Crippen LogP contribution in [-0.4, -0.2) is 47.8 Å². The van der Waals surface area contributed by atoms with Crippen LogP contribution in [0.15, 0.2) is 67.0 Å². The van der Waals surface area contributed by atoms with E-state index in [1.165, 1.54) is 17.4 Å². The molecule has 5 rings (SSSR count). The first-order valence-corrected chi connectivity index (χ1v) is 12.5. The molecule has 1 N–H and O–H groups in total. The fraction of sp³-hybridized carbons (Fsp3) is 0.185. The molecule has 1 aliphatic heterocycles. The number of ketones is 1. The summed E-state index contributed by atoms with van der Waals surface area (Å²) in [4.78, 5) is 38.8. The van der Waals surface area contributed by atoms with E-state index in [1.807, 2.05) is 53.1 Å². The average molecular weight is 520 g/mol. The summed E-state index contributed by atoms with van der Waals surface area (Å²) in [6, 6.07) is 15.7. The lowest BCUT2D eigenvalue weighted by molar-refractivity contribution is -0.112. The zero-order valence-electron chi connectivity index (χ0n) is 19.9. The van der Waals surface area contributed by atoms with E-state index >= 15 is 4.39 Å². The van der Waals surface area contributed by atoms with Crippen molar-refractivity contribution < 1.29 is 18.4 Å². The predicted molar refractivity (Wildman–Crippen MR) is 140 cm³/mol. The van der Waals surface area contributed by atoms with Crippen LogP contribution in [0.2, 0.25) is 0 Å². The van der Waals surface area contributed by atoms with Gasteiger partial charge in [-0.15, -0.1) is 11.3 Å². The summed E-state index contributed by atoms with van der Waals surface area (Å²) in [5.41, 5.74) is 2.15. The van der Waals surface area contributed by atoms with Gasteiger partial charge in [0.05, 0.1) is 23.0 Å². The number of anilines is 3. The molecule has 10 heteroatoms. The predicted octanol–water partition coefficient (Wildman–Crippen LogP) is 4.94. The number of thiophene rings is 1. The van der Waals surface area contributed by atoms with Crippen molar-refractivity contribution in [2.45, 2.75) is 6.92 Å². The van der Waals surface area contributed by atoms with Gasteiger partial charge in [-0.05, 0) is 36.8 Å². The van der Waals surface area contributed by atoms with Gasteiger partial charge in [0.25, 0.3) is 11.7 Å². The number of halogens is 2. The van der Waals surface area contributed by atoms with Gasteiger partial charge in [0.1, 0.15) is 5.82 Å². The fourth-order valence-electron chi connectivity index (χ4n) is 4.26. The second kappa shape index (κ2) is 10.4. The van der Waals surface area contributed by atoms with Gasteiger partial charge < -0.3 is 15.1 Å². The lowest BCUT2D eigenvalue weighted by atomic mass is 10.0. The number of nitrogens with zero attached hydrogens (tertiary/aromatic N) is 4. The second-order valence-corrected chi connectivity index (χ2v) is 9.85. The highest BCUT2D eigenvalue weighted by Crippen LogP contribution is 2.32. The number of nitrogens with one attached hydrogen (secondary N) is 1. The second-order valence-electron chi connectivity index (χ2n) is 8.59. The molecule has 0 aliphatic carbocycles. The van der Waals surface area contributed by atoms with Crippen molar-refractivity contribution in [3.05, 3.63) is 88.4 Å². The molecule has 1 saturated heterocycles. The lowest BCUT2D eigenvalue weighted by Gasteiger charge is -2.36. The van der Waals surface area contributed by atoms with Gasteiger partial charge in [-0.1, -0.05) is 30.3 Å². The Bertz CT molecular complexity index is 1440. The first-order chi connectivity index (χ1) is 17.9. The number of rotatable bonds is 6. The fourth-order valence-corrected chi connectivity index (χ4v) is 5.23. The van der Waals surface area contributed by atoms with E-state index in [1.54, 1.807) is 12.1 Å². The summed E-state index contributed by atoms with van der Waals surface area (Å²) in [5.74, 6) is -2.06. The molecule has 2 aromatic heterocycles. The van der Waals surface area contributed by atoms with Crippen molar-refractivity contribution in [1.29, 1.82) is 0 Å². The minimum Gasteiger partial charge on any atom is -0.366 e. The largest absolute Gasteiger partial charge is 0.366 e. The number of Topliss-reactive ketones (excluding diaryl/α,β-unsaturated/α-hetero) is 1. The normalized spacial score (nSPS) is 13.5. The monoisotopic (exact) mass is 519 g/mol. The van der Waals surface area contributed by atoms with Gasteiger partial charge in [0.15, 0.2) is 5.82 Å². The van der Waals surface area contributed by atoms with Crippen LogP contribution in [0.1, 0.15) is 14.5 Å². The van der Waals surface area contributed by atoms with Crippen LogP contribution in [0.5, 0.6) is 0 Å². The summed E-state index contributed by atoms with van der Waals surface area (Å²) in [5, 5.41) is 2.54. The van der Waals surface area contributed by atoms with Crippen LogP contribution < -0.4 is 15.1 Å². The Balaban J connectivity index is 1.25. The quantitative estimate of drug-likeness (QED) is 0.287. The van der Waals surface area contributed by atoms with Crippen molar-refractivity contribution in [3.63, 3.8) is 0 Å². The molecule has 188 valence electrons. The number of carbonyl (C=O) groups is 2. The highest BCUT2D eigenvalue weighted by atomic mass is 32.1. The van der Waals surface area contributed by atoms with E-state index in [4.69, 9.17) is 0 Å². The van der Waals surface area contributed by atoms with E-state index in [-0.39, 0.29) is 5.69 Å². The van der Waals surface area contributed by atoms with Gasteiger partial charge in [-0.25, -0.2) is 18.7 Å². The maximum Gasteiger partial charge on any atom is 0.297 e. The van der Waals surface area contributed by atoms with Crippen molar-refractivity contribution in [3.8, 4) is 11.1 Å². The molecule has 0 unspecified atom stereocenters. The number of aryl methyl sites for hydroxylation is 1. The summed E-state index contributed by atoms with van der Waals surface area (Å²) >= 11 is 1.26. The van der Waals surface area contributed by atoms with E-state index in [0.717, 1.165) is 22.8 Å². The van der Waals surface area contributed by atoms with Crippen molar-refractivity contribution >= 4 is 40.4 Å². The molecule has 0 radical (unpaired) electrons. The molecule has 3 heterocycles. The van der Waals surface area contributed by atoms with E-state index in [9.17, 15) is 14.0 Å². The van der Waals surface area contributed by atoms with Gasteiger partial charge in [0.2, 0.25) is 5.95 Å². The van der Waals surface area contributed by atoms with Crippen LogP contribution in [0.25, 0.3) is 11.1 Å². The van der Waals surface area contributed by atoms with E-state index in [2.05, 4.69) is 15.3 Å². The Morgan fingerprint density at radius 2 is 1.59 bits per heavy atom. The first kappa shape index (κ1) is 24.5. The van der Waals surface area contributed by atoms with Gasteiger partial charge in [0, 0.05) is 42.3 Å². The molecule has 1 amide bonds. The van der Waals surface area contributed by atoms with Gasteiger partial charge in [-0.2, -0.15) is 0 Å². The zero-order valence-corrected chi connectivity index (χ0v) is 20.8. The van der Waals surface area contributed by atoms with Crippen molar-refractivity contribution in [1.82, 2.24) is 9.97 Å². The topological polar surface area (TPSA) is 78.4 Å². The Labute approximate surface area is 216 Å². The molecule has 1 fully saturated rings. The number of amides is 1. The Morgan fingerprint density at radius 3 is 2.27 bits per heavy atom. The van der Waals surface area contributed by atoms with Crippen molar-refractivity contribution in [2.24, 2.45) is 0 Å². The number of carbonyl (C=O) groups excluding carboxylic acids is 2. The summed E-state index contributed by atoms with van der Waals surface area (Å²) < 4.78 is 28.1. The van der Waals surface area contributed by atoms with Gasteiger partial charge >= 0.3 is 0 Å². The smallest absolute Gasteiger partial charge is 0.297 e. The van der Waals surface area contributed by atoms with Crippen LogP contribution in [0, 0.1) is 18.6 Å². The number of hydrogen-bond acceptors (Lipinski definition) is 7. The van der Waals surface area contributed by atoms with Crippen molar-refractivity contribution in [2.75, 3.05) is 41.3 Å². The minimum atomic E-state index is -0.820. The maximum atomic E-state index is 15.0. The third-order valence-corrected chi connectivity index (χ3v) is 7.12. The number of hydrogen-bond donors (Lipinski definition) is 1. The minimum absolute atomic E-state index is 0.201. The number of benzene rings is 2. The summed E-state index contributed by atoms with van der Waals surface area (Å²) in [6.45, 7) is 4.00. The molecule has 7 nitrogen and oxygen atoms in total.